The smallest absolute Gasteiger partial charge is 0.352 e. The minimum absolute atomic E-state index is 0.00457. The Morgan fingerprint density at radius 1 is 1.28 bits per heavy atom. The van der Waals surface area contributed by atoms with Crippen LogP contribution in [0.3, 0.4) is 0 Å². The summed E-state index contributed by atoms with van der Waals surface area (Å²) in [7, 11) is 0. The molecule has 7 N–H and O–H groups in total. The Hall–Kier alpha value is -5.44. The van der Waals surface area contributed by atoms with Crippen LogP contribution in [0.15, 0.2) is 33.9 Å². The third kappa shape index (κ3) is 6.74. The van der Waals surface area contributed by atoms with Gasteiger partial charge in [0.15, 0.2) is 16.6 Å². The number of carboxylic acids is 2. The summed E-state index contributed by atoms with van der Waals surface area (Å²) < 4.78 is 0. The first-order chi connectivity index (χ1) is 22.0. The van der Waals surface area contributed by atoms with Crippen LogP contribution in [0.5, 0.6) is 11.5 Å². The molecule has 0 bridgehead atoms. The van der Waals surface area contributed by atoms with Gasteiger partial charge in [-0.3, -0.25) is 29.4 Å². The Balaban J connectivity index is 1.57. The van der Waals surface area contributed by atoms with E-state index < -0.39 is 80.2 Å². The number of hydrogen-bond donors (Lipinski definition) is 6. The molecule has 3 amide bonds. The first-order valence-electron chi connectivity index (χ1n) is 13.4. The predicted octanol–water partition coefficient (Wildman–Crippen LogP) is 0.530. The fourth-order valence-corrected chi connectivity index (χ4v) is 6.30. The number of nitro benzene ring substituents is 1. The zero-order valence-electron chi connectivity index (χ0n) is 24.7. The number of carboxylic acid groups (broad SMARTS) is 2. The molecule has 0 radical (unpaired) electrons. The molecule has 3 heterocycles. The van der Waals surface area contributed by atoms with Gasteiger partial charge in [-0.2, -0.15) is 0 Å². The number of carbonyl (C=O) groups is 5. The van der Waals surface area contributed by atoms with E-state index >= 15 is 0 Å². The van der Waals surface area contributed by atoms with Crippen molar-refractivity contribution in [2.45, 2.75) is 37.8 Å². The van der Waals surface area contributed by atoms with Crippen molar-refractivity contribution in [3.63, 3.8) is 0 Å². The van der Waals surface area contributed by atoms with E-state index in [1.165, 1.54) is 19.2 Å². The van der Waals surface area contributed by atoms with Crippen LogP contribution >= 0.6 is 23.1 Å². The molecule has 0 saturated carbocycles. The van der Waals surface area contributed by atoms with Crippen LogP contribution in [0.2, 0.25) is 0 Å². The summed E-state index contributed by atoms with van der Waals surface area (Å²) in [5.41, 5.74) is 1.76. The minimum Gasteiger partial charge on any atom is -0.504 e. The normalized spacial score (nSPS) is 17.8. The molecule has 19 nitrogen and oxygen atoms in total. The Labute approximate surface area is 272 Å². The van der Waals surface area contributed by atoms with Crippen LogP contribution in [0.4, 0.5) is 10.8 Å². The van der Waals surface area contributed by atoms with E-state index in [1.54, 1.807) is 6.92 Å². The van der Waals surface area contributed by atoms with E-state index in [0.717, 1.165) is 45.0 Å². The third-order valence-corrected chi connectivity index (χ3v) is 8.97. The van der Waals surface area contributed by atoms with Crippen molar-refractivity contribution in [3.05, 3.63) is 50.2 Å². The highest BCUT2D eigenvalue weighted by molar-refractivity contribution is 8.00. The van der Waals surface area contributed by atoms with Gasteiger partial charge in [0.25, 0.3) is 17.7 Å². The number of likely N-dealkylation sites (N-methyl/N-ethyl adjacent to an activating group) is 1. The largest absolute Gasteiger partial charge is 0.504 e. The molecule has 1 aromatic heterocycles. The number of hydrogen-bond acceptors (Lipinski definition) is 15. The van der Waals surface area contributed by atoms with Crippen molar-refractivity contribution in [1.29, 1.82) is 0 Å². The van der Waals surface area contributed by atoms with Crippen molar-refractivity contribution in [1.82, 2.24) is 20.1 Å². The molecule has 0 spiro atoms. The van der Waals surface area contributed by atoms with Crippen molar-refractivity contribution in [2.75, 3.05) is 24.6 Å². The number of nitrogens with one attached hydrogen (secondary N) is 1. The fraction of sp³-hybridized carbons (Fsp3) is 0.346. The van der Waals surface area contributed by atoms with Crippen LogP contribution in [0.25, 0.3) is 0 Å². The van der Waals surface area contributed by atoms with Crippen LogP contribution in [-0.2, 0) is 24.0 Å². The Morgan fingerprint density at radius 2 is 1.96 bits per heavy atom. The number of nitrogens with zero attached hydrogens (tertiary/aromatic N) is 5. The topological polar surface area (TPSA) is 288 Å². The SMILES string of the molecule is CCN(CC1=C(C(=O)O)N2C(=O)[C@@H](NC(=O)/C(=N\OC(C)(C)C(=O)O)c3csc(N)n3)[C@H]2SC1)C(=O)c1cc(O)c(O)c([N+](=O)[O-])c1. The van der Waals surface area contributed by atoms with Crippen molar-refractivity contribution >= 4 is 69.3 Å². The number of fused-ring (bicyclic) bond motifs is 1. The number of nitrogen functional groups attached to an aromatic ring is 1. The van der Waals surface area contributed by atoms with E-state index in [2.05, 4.69) is 15.5 Å². The van der Waals surface area contributed by atoms with Gasteiger partial charge in [-0.15, -0.1) is 23.1 Å². The zero-order valence-corrected chi connectivity index (χ0v) is 26.3. The van der Waals surface area contributed by atoms with Gasteiger partial charge < -0.3 is 41.2 Å². The number of thioether (sulfide) groups is 1. The third-order valence-electron chi connectivity index (χ3n) is 6.96. The number of anilines is 1. The van der Waals surface area contributed by atoms with Gasteiger partial charge >= 0.3 is 17.6 Å². The van der Waals surface area contributed by atoms with Gasteiger partial charge in [-0.05, 0) is 32.4 Å². The second kappa shape index (κ2) is 13.1. The zero-order chi connectivity index (χ0) is 35.0. The number of phenolic OH excluding ortho intramolecular Hbond substituents is 2. The Morgan fingerprint density at radius 3 is 2.51 bits per heavy atom. The highest BCUT2D eigenvalue weighted by Crippen LogP contribution is 2.41. The molecule has 21 heteroatoms. The summed E-state index contributed by atoms with van der Waals surface area (Å²) in [5.74, 6) is -7.40. The van der Waals surface area contributed by atoms with E-state index in [9.17, 15) is 54.5 Å². The van der Waals surface area contributed by atoms with Crippen LogP contribution in [0, 0.1) is 10.1 Å². The molecule has 2 atom stereocenters. The number of benzene rings is 1. The summed E-state index contributed by atoms with van der Waals surface area (Å²) in [6.45, 7) is 3.63. The molecule has 4 rings (SSSR count). The van der Waals surface area contributed by atoms with Gasteiger partial charge in [0.05, 0.1) is 10.5 Å². The summed E-state index contributed by atoms with van der Waals surface area (Å²) in [6.07, 6.45) is 0. The number of thiazole rings is 1. The minimum atomic E-state index is -1.84. The van der Waals surface area contributed by atoms with Gasteiger partial charge in [0.1, 0.15) is 22.8 Å². The number of rotatable bonds is 12. The van der Waals surface area contributed by atoms with Gasteiger partial charge in [0.2, 0.25) is 11.4 Å². The summed E-state index contributed by atoms with van der Waals surface area (Å²) in [6, 6.07) is 0.375. The molecule has 250 valence electrons. The van der Waals surface area contributed by atoms with Gasteiger partial charge in [-0.1, -0.05) is 5.16 Å². The Kier molecular flexibility index (Phi) is 9.61. The molecule has 1 fully saturated rings. The molecule has 2 aromatic rings. The quantitative estimate of drug-likeness (QED) is 0.0581. The van der Waals surface area contributed by atoms with Crippen molar-refractivity contribution < 1.29 is 54.2 Å². The second-order valence-corrected chi connectivity index (χ2v) is 12.5. The van der Waals surface area contributed by atoms with Crippen molar-refractivity contribution in [2.24, 2.45) is 5.16 Å². The number of nitrogens with two attached hydrogens (primary N) is 1. The maximum absolute atomic E-state index is 13.3. The van der Waals surface area contributed by atoms with E-state index in [1.807, 2.05) is 0 Å². The number of oxime groups is 1. The highest BCUT2D eigenvalue weighted by Gasteiger charge is 2.54. The molecule has 2 aliphatic rings. The number of phenols is 2. The molecule has 0 aliphatic carbocycles. The lowest BCUT2D eigenvalue weighted by Crippen LogP contribution is -2.71. The lowest BCUT2D eigenvalue weighted by Gasteiger charge is -2.49. The predicted molar refractivity (Wildman–Crippen MR) is 164 cm³/mol. The number of aliphatic carboxylic acids is 2. The first-order valence-corrected chi connectivity index (χ1v) is 15.3. The number of aromatic hydroxyl groups is 2. The molecule has 0 unspecified atom stereocenters. The number of nitro groups is 1. The maximum Gasteiger partial charge on any atom is 0.352 e. The second-order valence-electron chi connectivity index (χ2n) is 10.5. The standard InChI is InChI=1S/C26H27N7O12S2/c1-4-31(20(37)10-5-13(33(43)44)18(35)14(34)6-10)7-11-8-46-22-16(21(38)32(22)17(11)23(39)40)29-19(36)15(12-9-47-25(27)28-12)30-45-26(2,3)24(41)42/h5-6,9,16,22,34-35H,4,7-8H2,1-3H3,(H2,27,28)(H,29,36)(H,39,40)(H,41,42)/b30-15-/t16-,22-/m1/s1. The summed E-state index contributed by atoms with van der Waals surface area (Å²) in [4.78, 5) is 85.0. The molecular formula is C26H27N7O12S2. The van der Waals surface area contributed by atoms with Crippen LogP contribution in [0.1, 0.15) is 36.8 Å². The summed E-state index contributed by atoms with van der Waals surface area (Å²) >= 11 is 2.05. The lowest BCUT2D eigenvalue weighted by molar-refractivity contribution is -0.386. The molecule has 2 aliphatic heterocycles. The highest BCUT2D eigenvalue weighted by atomic mass is 32.2. The number of carbonyl (C=O) groups excluding carboxylic acids is 3. The van der Waals surface area contributed by atoms with E-state index in [-0.39, 0.29) is 40.8 Å². The Bertz CT molecular complexity index is 1750. The van der Waals surface area contributed by atoms with Gasteiger partial charge in [0, 0.05) is 30.3 Å². The van der Waals surface area contributed by atoms with Crippen molar-refractivity contribution in [3.8, 4) is 11.5 Å². The maximum atomic E-state index is 13.3. The lowest BCUT2D eigenvalue weighted by atomic mass is 10.0. The fourth-order valence-electron chi connectivity index (χ4n) is 4.42. The van der Waals surface area contributed by atoms with Crippen LogP contribution in [-0.4, -0.2) is 111 Å². The van der Waals surface area contributed by atoms with E-state index in [0.29, 0.717) is 0 Å². The molecule has 47 heavy (non-hydrogen) atoms. The number of aromatic nitrogens is 1. The molecule has 1 aromatic carbocycles. The number of amides is 3. The number of β-lactam (4-membered cyclic amide) rings is 1. The van der Waals surface area contributed by atoms with E-state index in [4.69, 9.17) is 10.6 Å². The van der Waals surface area contributed by atoms with Gasteiger partial charge in [-0.25, -0.2) is 14.6 Å². The molecule has 1 saturated heterocycles. The average molecular weight is 694 g/mol. The summed E-state index contributed by atoms with van der Waals surface area (Å²) in [5, 5.41) is 57.0. The molecular weight excluding hydrogens is 666 g/mol. The average Bonchev–Trinajstić information content (AvgIpc) is 3.44. The monoisotopic (exact) mass is 693 g/mol. The van der Waals surface area contributed by atoms with Crippen LogP contribution < -0.4 is 11.1 Å². The first kappa shape index (κ1) is 34.4.